The summed E-state index contributed by atoms with van der Waals surface area (Å²) in [7, 11) is 0. The number of benzene rings is 1. The zero-order valence-corrected chi connectivity index (χ0v) is 43.2. The second-order valence-electron chi connectivity index (χ2n) is 16.8. The van der Waals surface area contributed by atoms with E-state index < -0.39 is 29.7 Å². The molecule has 0 spiro atoms. The molecule has 416 valence electrons. The van der Waals surface area contributed by atoms with Crippen LogP contribution in [0.15, 0.2) is 18.2 Å². The largest absolute Gasteiger partial charge is 0.463 e. The molecule has 1 fully saturated rings. The summed E-state index contributed by atoms with van der Waals surface area (Å²) in [5.41, 5.74) is 0.371. The highest BCUT2D eigenvalue weighted by molar-refractivity contribution is 6.26. The van der Waals surface area contributed by atoms with E-state index in [1.807, 2.05) is 0 Å². The van der Waals surface area contributed by atoms with Crippen molar-refractivity contribution in [2.75, 3.05) is 170 Å². The Labute approximate surface area is 430 Å². The first-order valence-corrected chi connectivity index (χ1v) is 26.1. The third-order valence-electron chi connectivity index (χ3n) is 11.0. The molecular weight excluding hydrogens is 959 g/mol. The maximum Gasteiger partial charge on any atom is 0.305 e. The van der Waals surface area contributed by atoms with Crippen molar-refractivity contribution in [3.63, 3.8) is 0 Å². The van der Waals surface area contributed by atoms with Crippen molar-refractivity contribution in [1.82, 2.24) is 10.2 Å². The van der Waals surface area contributed by atoms with Crippen molar-refractivity contribution in [3.8, 4) is 0 Å². The summed E-state index contributed by atoms with van der Waals surface area (Å²) in [5.74, 6) is -2.89. The smallest absolute Gasteiger partial charge is 0.305 e. The fraction of sp³-hybridized carbons (Fsp3) is 0.765. The second-order valence-corrected chi connectivity index (χ2v) is 16.8. The molecule has 0 radical (unpaired) electrons. The van der Waals surface area contributed by atoms with Crippen LogP contribution in [0.3, 0.4) is 0 Å². The van der Waals surface area contributed by atoms with Crippen LogP contribution in [-0.4, -0.2) is 212 Å². The highest BCUT2D eigenvalue weighted by atomic mass is 16.6. The maximum atomic E-state index is 13.2. The number of rotatable bonds is 50. The lowest BCUT2D eigenvalue weighted by atomic mass is 10.0. The maximum absolute atomic E-state index is 13.2. The quantitative estimate of drug-likeness (QED) is 0.0536. The predicted molar refractivity (Wildman–Crippen MR) is 264 cm³/mol. The average molecular weight is 1040 g/mol. The molecule has 22 heteroatoms. The molecule has 2 aliphatic rings. The zero-order chi connectivity index (χ0) is 52.2. The van der Waals surface area contributed by atoms with Gasteiger partial charge in [0.2, 0.25) is 17.7 Å². The number of ether oxygens (including phenoxy) is 13. The first-order valence-electron chi connectivity index (χ1n) is 26.1. The molecule has 1 saturated heterocycles. The fourth-order valence-electron chi connectivity index (χ4n) is 7.18. The Morgan fingerprint density at radius 1 is 0.507 bits per heavy atom. The molecule has 0 aliphatic carbocycles. The van der Waals surface area contributed by atoms with Crippen LogP contribution in [0, 0.1) is 0 Å². The Balaban J connectivity index is 0.940. The number of fused-ring (bicyclic) bond motifs is 1. The number of carbonyl (C=O) groups is 6. The van der Waals surface area contributed by atoms with Gasteiger partial charge in [0, 0.05) is 25.9 Å². The molecule has 2 aliphatic heterocycles. The van der Waals surface area contributed by atoms with Crippen molar-refractivity contribution in [1.29, 1.82) is 0 Å². The summed E-state index contributed by atoms with van der Waals surface area (Å²) in [6.45, 7) is 13.4. The number of esters is 1. The number of amides is 5. The van der Waals surface area contributed by atoms with Crippen molar-refractivity contribution in [2.45, 2.75) is 90.0 Å². The Morgan fingerprint density at radius 3 is 1.37 bits per heavy atom. The minimum Gasteiger partial charge on any atom is -0.463 e. The molecule has 1 atom stereocenters. The minimum atomic E-state index is -1.08. The van der Waals surface area contributed by atoms with Gasteiger partial charge in [-0.05, 0) is 37.8 Å². The fourth-order valence-corrected chi connectivity index (χ4v) is 7.18. The normalized spacial score (nSPS) is 14.5. The molecule has 2 N–H and O–H groups in total. The number of nitrogens with zero attached hydrogens (tertiary/aromatic N) is 1. The van der Waals surface area contributed by atoms with Crippen molar-refractivity contribution >= 4 is 41.2 Å². The number of hydrogen-bond acceptors (Lipinski definition) is 19. The van der Waals surface area contributed by atoms with E-state index in [4.69, 9.17) is 61.6 Å². The highest BCUT2D eigenvalue weighted by Gasteiger charge is 2.45. The van der Waals surface area contributed by atoms with Crippen LogP contribution in [-0.2, 0) is 80.8 Å². The molecule has 1 unspecified atom stereocenters. The van der Waals surface area contributed by atoms with E-state index in [2.05, 4.69) is 17.6 Å². The van der Waals surface area contributed by atoms with Gasteiger partial charge in [-0.25, -0.2) is 0 Å². The van der Waals surface area contributed by atoms with Gasteiger partial charge in [0.25, 0.3) is 11.8 Å². The first kappa shape index (κ1) is 63.3. The van der Waals surface area contributed by atoms with E-state index in [0.717, 1.165) is 30.6 Å². The number of carbonyl (C=O) groups excluding carboxylic acids is 6. The summed E-state index contributed by atoms with van der Waals surface area (Å²) in [5, 5.41) is 4.91. The Kier molecular flexibility index (Phi) is 37.5. The van der Waals surface area contributed by atoms with Crippen molar-refractivity contribution in [2.24, 2.45) is 0 Å². The molecule has 3 rings (SSSR count). The molecule has 1 aromatic carbocycles. The van der Waals surface area contributed by atoms with Crippen LogP contribution < -0.4 is 10.6 Å². The van der Waals surface area contributed by atoms with Crippen LogP contribution >= 0.6 is 0 Å². The van der Waals surface area contributed by atoms with Crippen LogP contribution in [0.25, 0.3) is 0 Å². The number of imide groups is 2. The van der Waals surface area contributed by atoms with Crippen molar-refractivity contribution in [3.05, 3.63) is 29.3 Å². The van der Waals surface area contributed by atoms with E-state index in [0.29, 0.717) is 171 Å². The van der Waals surface area contributed by atoms with Gasteiger partial charge in [-0.1, -0.05) is 45.1 Å². The first-order chi connectivity index (χ1) is 35.8. The predicted octanol–water partition coefficient (Wildman–Crippen LogP) is 3.69. The lowest BCUT2D eigenvalue weighted by Gasteiger charge is -2.27. The van der Waals surface area contributed by atoms with Gasteiger partial charge in [-0.15, -0.1) is 0 Å². The van der Waals surface area contributed by atoms with Crippen molar-refractivity contribution < 1.29 is 90.3 Å². The monoisotopic (exact) mass is 1040 g/mol. The SMILES string of the molecule is CCCCCCCC(=O)OCCOCCOCCOCCOCCOCCOCCOCCOCCOCCOCCOCCOCCCCCC(=O)Nc1cccc2c1C(=O)N(C1CCC(=O)NC1=O)C2=O. The molecule has 0 bridgehead atoms. The van der Waals surface area contributed by atoms with E-state index in [-0.39, 0.29) is 54.6 Å². The number of anilines is 1. The molecule has 5 amide bonds. The number of unbranched alkanes of at least 4 members (excludes halogenated alkanes) is 6. The third-order valence-corrected chi connectivity index (χ3v) is 11.0. The molecule has 0 saturated carbocycles. The molecule has 1 aromatic rings. The minimum absolute atomic E-state index is 0.0243. The second kappa shape index (κ2) is 43.2. The Morgan fingerprint density at radius 2 is 0.918 bits per heavy atom. The van der Waals surface area contributed by atoms with Gasteiger partial charge in [0.05, 0.1) is 169 Å². The van der Waals surface area contributed by atoms with E-state index in [1.54, 1.807) is 12.1 Å². The summed E-state index contributed by atoms with van der Waals surface area (Å²) in [4.78, 5) is 75.3. The molecular formula is C51H83N3O19. The zero-order valence-electron chi connectivity index (χ0n) is 43.2. The average Bonchev–Trinajstić information content (AvgIpc) is 3.63. The summed E-state index contributed by atoms with van der Waals surface area (Å²) in [6.07, 6.45) is 8.42. The van der Waals surface area contributed by atoms with E-state index in [9.17, 15) is 28.8 Å². The van der Waals surface area contributed by atoms with Gasteiger partial charge < -0.3 is 66.9 Å². The van der Waals surface area contributed by atoms with Gasteiger partial charge in [0.1, 0.15) is 12.6 Å². The molecule has 0 aromatic heterocycles. The van der Waals surface area contributed by atoms with Gasteiger partial charge in [0.15, 0.2) is 0 Å². The molecule has 2 heterocycles. The third kappa shape index (κ3) is 30.2. The highest BCUT2D eigenvalue weighted by Crippen LogP contribution is 2.32. The molecule has 22 nitrogen and oxygen atoms in total. The number of piperidine rings is 1. The van der Waals surface area contributed by atoms with Crippen LogP contribution in [0.5, 0.6) is 0 Å². The number of hydrogen-bond donors (Lipinski definition) is 2. The summed E-state index contributed by atoms with van der Waals surface area (Å²) in [6, 6.07) is 3.52. The standard InChI is InChI=1S/C51H83N3O19/c1-2-3-4-5-8-14-47(57)73-41-40-72-39-38-71-37-36-70-35-34-69-33-32-68-31-30-67-29-28-66-27-26-65-25-24-64-23-22-63-21-20-62-19-18-61-17-9-6-7-13-45(55)52-43-12-10-11-42-48(43)51(60)54(50(42)59)44-15-16-46(56)53-49(44)58/h10-12,44H,2-9,13-41H2,1H3,(H,52,55)(H,53,56,58). The van der Waals surface area contributed by atoms with Crippen LogP contribution in [0.1, 0.15) is 105 Å². The lowest BCUT2D eigenvalue weighted by Crippen LogP contribution is -2.54. The molecule has 73 heavy (non-hydrogen) atoms. The Hall–Kier alpha value is -4.04. The summed E-state index contributed by atoms with van der Waals surface area (Å²) >= 11 is 0. The Bertz CT molecular complexity index is 1670. The van der Waals surface area contributed by atoms with Crippen LogP contribution in [0.4, 0.5) is 5.69 Å². The van der Waals surface area contributed by atoms with E-state index >= 15 is 0 Å². The number of nitrogens with one attached hydrogen (secondary N) is 2. The topological polar surface area (TPSA) is 250 Å². The van der Waals surface area contributed by atoms with E-state index in [1.165, 1.54) is 25.3 Å². The summed E-state index contributed by atoms with van der Waals surface area (Å²) < 4.78 is 71.3. The van der Waals surface area contributed by atoms with Gasteiger partial charge in [-0.3, -0.25) is 39.0 Å². The van der Waals surface area contributed by atoms with Gasteiger partial charge in [-0.2, -0.15) is 0 Å². The van der Waals surface area contributed by atoms with Crippen LogP contribution in [0.2, 0.25) is 0 Å². The lowest BCUT2D eigenvalue weighted by molar-refractivity contribution is -0.145. The van der Waals surface area contributed by atoms with Gasteiger partial charge >= 0.3 is 5.97 Å².